The minimum absolute atomic E-state index is 0.00648. The summed E-state index contributed by atoms with van der Waals surface area (Å²) in [5.74, 6) is 7.23. The first-order valence-electron chi connectivity index (χ1n) is 36.3. The van der Waals surface area contributed by atoms with Gasteiger partial charge >= 0.3 is 0 Å². The first-order chi connectivity index (χ1) is 53.3. The van der Waals surface area contributed by atoms with Crippen LogP contribution in [0.15, 0.2) is 93.6 Å². The van der Waals surface area contributed by atoms with Crippen LogP contribution in [0, 0.1) is 18.8 Å². The first-order valence-corrected chi connectivity index (χ1v) is 36.3. The number of hydrogen-bond donors (Lipinski definition) is 3. The lowest BCUT2D eigenvalue weighted by atomic mass is 9.91. The number of carbonyl (C=O) groups excluding carboxylic acids is 2. The summed E-state index contributed by atoms with van der Waals surface area (Å²) >= 11 is 0. The largest absolute Gasteiger partial charge is 0.507 e. The number of fused-ring (bicyclic) bond motifs is 2. The molecule has 2 saturated heterocycles. The monoisotopic (exact) mass is 1550 g/mol. The zero-order valence-electron chi connectivity index (χ0n) is 69.1. The highest BCUT2D eigenvalue weighted by Gasteiger charge is 2.22. The number of hydrogen-bond acceptors (Lipinski definition) is 27. The van der Waals surface area contributed by atoms with E-state index in [1.165, 1.54) is 112 Å². The van der Waals surface area contributed by atoms with Crippen LogP contribution in [0.5, 0.6) is 57.5 Å². The molecule has 0 unspecified atom stereocenters. The van der Waals surface area contributed by atoms with Crippen LogP contribution in [0.25, 0.3) is 27.7 Å². The quantitative estimate of drug-likeness (QED) is 0.0129. The number of aryl methyl sites for hydroxylation is 2. The van der Waals surface area contributed by atoms with E-state index < -0.39 is 0 Å². The van der Waals surface area contributed by atoms with Gasteiger partial charge in [0.05, 0.1) is 137 Å². The molecule has 0 amide bonds. The molecule has 2 aliphatic rings. The standard InChI is InChI=1S/C18H26N2O3.C13H18O4.C12H16O4.C11H15NO4.C11H13NO3.C11H14O4.C8H17N/c1-20-8-6-13(7-9-20)4-5-16-15-10-14(12-21-2)17(22-3)11-18(15)23-19-16;1-9(15-3)11-6-10(8-14-2)12(16-4)7-13(11)17-5;1-8(13)10-5-9(7-14-2)11(15-3)6-12(10)16-4;1-7(12-14)9-4-8(6-15-2)11(16-3)5-10(9)13;1-7-9-4-8(6-13-2)10(14-3)5-11(9)15-12-7;1-7(12)9-4-8(6-14-2)11(15-3)5-10(9)13;1-3-8-4-6-9(2)7-5-8/h10-11,13H,4-9,12H2,1-3H3;6-7H,1,8H2,2-5H3;5-6H,7H2,1-4H3;4-5,13-14H,6H2,1-3H3;4-5H,6H2,1-3H3;4-5,13H,6H2,1-3H3;8H,3-7H2,1-2H3. The summed E-state index contributed by atoms with van der Waals surface area (Å²) in [5.41, 5.74) is 11.2. The number of benzene rings is 6. The lowest BCUT2D eigenvalue weighted by Crippen LogP contribution is -2.30. The molecule has 2 aliphatic heterocycles. The van der Waals surface area contributed by atoms with Gasteiger partial charge < -0.3 is 105 Å². The third kappa shape index (κ3) is 28.2. The SMILES string of the molecule is C=C(OC)c1cc(COC)c(OC)cc1OC.CCC1CCN(C)CC1.COCc1cc(C(C)=NO)c(O)cc1OC.COCc1cc(C(C)=O)c(O)cc1OC.COCc1cc(C(C)=O)c(OC)cc1OC.COCc1cc2c(C)noc2cc1OC.COCc1cc2c(CCC3CCN(C)CC3)noc2cc1OC. The number of carbonyl (C=O) groups is 2. The van der Waals surface area contributed by atoms with Crippen LogP contribution in [-0.4, -0.2) is 200 Å². The van der Waals surface area contributed by atoms with E-state index in [4.69, 9.17) is 85.3 Å². The van der Waals surface area contributed by atoms with Crippen molar-refractivity contribution in [2.75, 3.05) is 147 Å². The van der Waals surface area contributed by atoms with Gasteiger partial charge in [0.15, 0.2) is 22.7 Å². The van der Waals surface area contributed by atoms with Crippen molar-refractivity contribution in [2.24, 2.45) is 17.0 Å². The van der Waals surface area contributed by atoms with Crippen molar-refractivity contribution in [3.05, 3.63) is 146 Å². The van der Waals surface area contributed by atoms with Crippen LogP contribution < -0.4 is 37.9 Å². The van der Waals surface area contributed by atoms with Gasteiger partial charge in [0, 0.05) is 129 Å². The number of phenolic OH excluding ortho intramolecular Hbond substituents is 2. The number of nitrogens with zero attached hydrogens (tertiary/aromatic N) is 5. The number of oxime groups is 1. The Labute approximate surface area is 654 Å². The van der Waals surface area contributed by atoms with E-state index in [2.05, 4.69) is 58.9 Å². The van der Waals surface area contributed by atoms with Crippen molar-refractivity contribution >= 4 is 45.0 Å². The van der Waals surface area contributed by atoms with Crippen LogP contribution in [0.1, 0.15) is 143 Å². The molecule has 2 aromatic heterocycles. The van der Waals surface area contributed by atoms with Gasteiger partial charge in [-0.1, -0.05) is 35.4 Å². The van der Waals surface area contributed by atoms with Crippen molar-refractivity contribution < 1.29 is 105 Å². The fourth-order valence-electron chi connectivity index (χ4n) is 12.3. The number of ketones is 2. The molecule has 111 heavy (non-hydrogen) atoms. The minimum atomic E-state index is -0.187. The van der Waals surface area contributed by atoms with E-state index in [0.29, 0.717) is 91.0 Å². The van der Waals surface area contributed by atoms with E-state index in [-0.39, 0.29) is 28.6 Å². The smallest absolute Gasteiger partial charge is 0.170 e. The van der Waals surface area contributed by atoms with Crippen molar-refractivity contribution in [2.45, 2.75) is 119 Å². The summed E-state index contributed by atoms with van der Waals surface area (Å²) in [4.78, 5) is 27.4. The second-order valence-corrected chi connectivity index (χ2v) is 26.3. The maximum absolute atomic E-state index is 11.4. The molecule has 0 spiro atoms. The fourth-order valence-corrected chi connectivity index (χ4v) is 12.3. The number of aromatic hydroxyl groups is 2. The van der Waals surface area contributed by atoms with Gasteiger partial charge in [0.2, 0.25) is 0 Å². The number of aromatic nitrogens is 2. The Morgan fingerprint density at radius 3 is 1.17 bits per heavy atom. The molecular formula is C84H119N5O22. The summed E-state index contributed by atoms with van der Waals surface area (Å²) in [6.45, 7) is 20.2. The number of phenols is 2. The van der Waals surface area contributed by atoms with Crippen molar-refractivity contribution in [3.8, 4) is 57.5 Å². The Morgan fingerprint density at radius 1 is 0.450 bits per heavy atom. The highest BCUT2D eigenvalue weighted by molar-refractivity contribution is 6.01. The average molecular weight is 1550 g/mol. The molecule has 0 saturated carbocycles. The lowest BCUT2D eigenvalue weighted by molar-refractivity contribution is 0.100. The number of piperidine rings is 2. The van der Waals surface area contributed by atoms with Gasteiger partial charge in [0.25, 0.3) is 0 Å². The molecule has 0 aliphatic carbocycles. The average Bonchev–Trinajstić information content (AvgIpc) is 1.71. The molecule has 4 heterocycles. The topological polar surface area (TPSA) is 304 Å². The molecule has 10 rings (SSSR count). The Morgan fingerprint density at radius 2 is 0.784 bits per heavy atom. The third-order valence-electron chi connectivity index (χ3n) is 18.7. The second-order valence-electron chi connectivity index (χ2n) is 26.3. The molecule has 0 bridgehead atoms. The summed E-state index contributed by atoms with van der Waals surface area (Å²) in [7, 11) is 28.3. The molecule has 0 radical (unpaired) electrons. The molecule has 2 fully saturated rings. The van der Waals surface area contributed by atoms with Gasteiger partial charge in [-0.05, 0) is 155 Å². The van der Waals surface area contributed by atoms with Gasteiger partial charge in [0.1, 0.15) is 63.3 Å². The van der Waals surface area contributed by atoms with Crippen LogP contribution in [-0.2, 0) is 79.2 Å². The maximum atomic E-state index is 11.4. The predicted octanol–water partition coefficient (Wildman–Crippen LogP) is 15.3. The molecule has 0 atom stereocenters. The van der Waals surface area contributed by atoms with Gasteiger partial charge in [-0.3, -0.25) is 9.59 Å². The Hall–Kier alpha value is -9.71. The minimum Gasteiger partial charge on any atom is -0.507 e. The molecule has 612 valence electrons. The van der Waals surface area contributed by atoms with Crippen molar-refractivity contribution in [3.63, 3.8) is 0 Å². The van der Waals surface area contributed by atoms with E-state index in [1.54, 1.807) is 123 Å². The summed E-state index contributed by atoms with van der Waals surface area (Å²) in [5, 5.41) is 41.3. The van der Waals surface area contributed by atoms with E-state index in [0.717, 1.165) is 108 Å². The summed E-state index contributed by atoms with van der Waals surface area (Å²) in [6, 6.07) is 21.1. The summed E-state index contributed by atoms with van der Waals surface area (Å²) < 4.78 is 88.0. The fraction of sp³-hybridized carbons (Fsp3) is 0.488. The zero-order valence-corrected chi connectivity index (χ0v) is 69.1. The normalized spacial score (nSPS) is 13.0. The first kappa shape index (κ1) is 93.7. The number of Topliss-reactive ketones (excluding diaryl/α,β-unsaturated/α-hetero) is 2. The highest BCUT2D eigenvalue weighted by Crippen LogP contribution is 2.37. The molecule has 8 aromatic rings. The molecular weight excluding hydrogens is 1430 g/mol. The van der Waals surface area contributed by atoms with Crippen LogP contribution in [0.4, 0.5) is 0 Å². The Kier molecular flexibility index (Phi) is 41.8. The van der Waals surface area contributed by atoms with Gasteiger partial charge in [-0.2, -0.15) is 0 Å². The van der Waals surface area contributed by atoms with Crippen LogP contribution in [0.2, 0.25) is 0 Å². The molecule has 3 N–H and O–H groups in total. The third-order valence-corrected chi connectivity index (χ3v) is 18.7. The molecule has 27 heteroatoms. The van der Waals surface area contributed by atoms with Gasteiger partial charge in [-0.25, -0.2) is 0 Å². The molecule has 27 nitrogen and oxygen atoms in total. The van der Waals surface area contributed by atoms with Crippen molar-refractivity contribution in [1.29, 1.82) is 0 Å². The van der Waals surface area contributed by atoms with Crippen molar-refractivity contribution in [1.82, 2.24) is 20.1 Å². The number of ether oxygens (including phenoxy) is 15. The lowest BCUT2D eigenvalue weighted by Gasteiger charge is -2.28. The van der Waals surface area contributed by atoms with E-state index in [1.807, 2.05) is 31.2 Å². The molecule has 6 aromatic carbocycles. The van der Waals surface area contributed by atoms with Crippen LogP contribution >= 0.6 is 0 Å². The summed E-state index contributed by atoms with van der Waals surface area (Å²) in [6.07, 6.45) is 8.96. The van der Waals surface area contributed by atoms with Gasteiger partial charge in [-0.15, -0.1) is 0 Å². The zero-order chi connectivity index (χ0) is 82.3. The number of methoxy groups -OCH3 is 15. The van der Waals surface area contributed by atoms with E-state index in [9.17, 15) is 19.8 Å². The van der Waals surface area contributed by atoms with Crippen LogP contribution in [0.3, 0.4) is 0 Å². The highest BCUT2D eigenvalue weighted by atomic mass is 16.5. The Balaban J connectivity index is 0.000000277. The van der Waals surface area contributed by atoms with E-state index >= 15 is 0 Å². The second kappa shape index (κ2) is 49.5. The number of likely N-dealkylation sites (tertiary alicyclic amines) is 2. The number of rotatable bonds is 29. The maximum Gasteiger partial charge on any atom is 0.170 e. The Bertz CT molecular complexity index is 4190. The predicted molar refractivity (Wildman–Crippen MR) is 428 cm³/mol.